The van der Waals surface area contributed by atoms with Crippen molar-refractivity contribution in [2.75, 3.05) is 0 Å². The maximum absolute atomic E-state index is 11.6. The van der Waals surface area contributed by atoms with Gasteiger partial charge in [0.05, 0.1) is 5.41 Å². The smallest absolute Gasteiger partial charge is 0.322 e. The summed E-state index contributed by atoms with van der Waals surface area (Å²) < 4.78 is 0. The third-order valence-corrected chi connectivity index (χ3v) is 4.72. The molecule has 0 aromatic heterocycles. The summed E-state index contributed by atoms with van der Waals surface area (Å²) in [6, 6.07) is 0. The van der Waals surface area contributed by atoms with Crippen molar-refractivity contribution in [3.63, 3.8) is 0 Å². The predicted octanol–water partition coefficient (Wildman–Crippen LogP) is 1.44. The monoisotopic (exact) mass is 258 g/mol. The van der Waals surface area contributed by atoms with Gasteiger partial charge in [-0.15, -0.1) is 0 Å². The molecule has 102 valence electrons. The van der Waals surface area contributed by atoms with Crippen LogP contribution in [0.4, 0.5) is 0 Å². The van der Waals surface area contributed by atoms with E-state index in [1.165, 1.54) is 6.92 Å². The maximum Gasteiger partial charge on any atom is 0.322 e. The Hall–Kier alpha value is -1.59. The summed E-state index contributed by atoms with van der Waals surface area (Å²) in [5.74, 6) is -4.53. The Balaban J connectivity index is 3.62. The molecule has 0 amide bonds. The molecule has 0 aromatic rings. The van der Waals surface area contributed by atoms with Crippen LogP contribution in [0.15, 0.2) is 0 Å². The van der Waals surface area contributed by atoms with Crippen molar-refractivity contribution in [3.05, 3.63) is 0 Å². The lowest BCUT2D eigenvalue weighted by Crippen LogP contribution is -2.63. The SMILES string of the molecule is CC1(C)CCCC(C(=O)O)(C(=O)O)C1(C)C(=O)O. The van der Waals surface area contributed by atoms with Crippen molar-refractivity contribution < 1.29 is 29.7 Å². The molecule has 1 fully saturated rings. The van der Waals surface area contributed by atoms with Crippen molar-refractivity contribution in [1.29, 1.82) is 0 Å². The summed E-state index contributed by atoms with van der Waals surface area (Å²) in [6.45, 7) is 4.46. The lowest BCUT2D eigenvalue weighted by Gasteiger charge is -2.53. The molecule has 1 rings (SSSR count). The minimum atomic E-state index is -2.28. The van der Waals surface area contributed by atoms with E-state index in [1.54, 1.807) is 13.8 Å². The summed E-state index contributed by atoms with van der Waals surface area (Å²) in [5.41, 5.74) is -5.04. The topological polar surface area (TPSA) is 112 Å². The van der Waals surface area contributed by atoms with E-state index < -0.39 is 34.2 Å². The molecule has 1 saturated carbocycles. The fourth-order valence-corrected chi connectivity index (χ4v) is 3.08. The average Bonchev–Trinajstić information content (AvgIpc) is 2.20. The van der Waals surface area contributed by atoms with E-state index in [2.05, 4.69) is 0 Å². The Bertz CT molecular complexity index is 397. The van der Waals surface area contributed by atoms with E-state index in [9.17, 15) is 29.7 Å². The molecule has 6 heteroatoms. The van der Waals surface area contributed by atoms with Crippen LogP contribution >= 0.6 is 0 Å². The molecule has 0 saturated heterocycles. The van der Waals surface area contributed by atoms with E-state index in [4.69, 9.17) is 0 Å². The van der Waals surface area contributed by atoms with Crippen LogP contribution in [0.1, 0.15) is 40.0 Å². The first-order chi connectivity index (χ1) is 8.04. The first-order valence-electron chi connectivity index (χ1n) is 5.74. The number of carbonyl (C=O) groups is 3. The van der Waals surface area contributed by atoms with Crippen LogP contribution in [-0.2, 0) is 14.4 Å². The zero-order valence-electron chi connectivity index (χ0n) is 10.7. The number of carboxylic acids is 3. The molecule has 1 aliphatic rings. The predicted molar refractivity (Wildman–Crippen MR) is 61.1 cm³/mol. The molecule has 0 aromatic carbocycles. The van der Waals surface area contributed by atoms with Crippen LogP contribution < -0.4 is 0 Å². The molecule has 1 aliphatic carbocycles. The first kappa shape index (κ1) is 14.5. The highest BCUT2D eigenvalue weighted by atomic mass is 16.4. The molecule has 6 nitrogen and oxygen atoms in total. The van der Waals surface area contributed by atoms with E-state index in [0.29, 0.717) is 12.8 Å². The van der Waals surface area contributed by atoms with E-state index in [0.717, 1.165) is 0 Å². The lowest BCUT2D eigenvalue weighted by molar-refractivity contribution is -0.203. The van der Waals surface area contributed by atoms with E-state index >= 15 is 0 Å². The number of hydrogen-bond donors (Lipinski definition) is 3. The largest absolute Gasteiger partial charge is 0.481 e. The second-order valence-electron chi connectivity index (χ2n) is 5.68. The number of aliphatic carboxylic acids is 3. The normalized spacial score (nSPS) is 29.5. The molecular formula is C12H18O6. The van der Waals surface area contributed by atoms with Crippen LogP contribution in [0.3, 0.4) is 0 Å². The van der Waals surface area contributed by atoms with Gasteiger partial charge in [-0.1, -0.05) is 20.3 Å². The van der Waals surface area contributed by atoms with Gasteiger partial charge in [0.1, 0.15) is 0 Å². The Morgan fingerprint density at radius 2 is 1.28 bits per heavy atom. The maximum atomic E-state index is 11.6. The minimum Gasteiger partial charge on any atom is -0.481 e. The molecule has 0 spiro atoms. The molecule has 1 atom stereocenters. The molecule has 0 radical (unpaired) electrons. The third-order valence-electron chi connectivity index (χ3n) is 4.72. The van der Waals surface area contributed by atoms with Gasteiger partial charge in [-0.05, 0) is 25.2 Å². The average molecular weight is 258 g/mol. The van der Waals surface area contributed by atoms with Crippen LogP contribution in [-0.4, -0.2) is 33.2 Å². The highest BCUT2D eigenvalue weighted by molar-refractivity contribution is 6.04. The van der Waals surface area contributed by atoms with Gasteiger partial charge in [-0.2, -0.15) is 0 Å². The molecule has 1 unspecified atom stereocenters. The number of carboxylic acid groups (broad SMARTS) is 3. The van der Waals surface area contributed by atoms with Crippen molar-refractivity contribution in [2.45, 2.75) is 40.0 Å². The van der Waals surface area contributed by atoms with Crippen LogP contribution in [0.2, 0.25) is 0 Å². The quantitative estimate of drug-likeness (QED) is 0.660. The van der Waals surface area contributed by atoms with Crippen molar-refractivity contribution in [2.24, 2.45) is 16.2 Å². The van der Waals surface area contributed by atoms with E-state index in [-0.39, 0.29) is 6.42 Å². The van der Waals surface area contributed by atoms with Crippen molar-refractivity contribution in [3.8, 4) is 0 Å². The number of hydrogen-bond acceptors (Lipinski definition) is 3. The zero-order valence-corrected chi connectivity index (χ0v) is 10.7. The summed E-state index contributed by atoms with van der Waals surface area (Å²) in [6.07, 6.45) is 0.705. The van der Waals surface area contributed by atoms with Gasteiger partial charge in [0.15, 0.2) is 5.41 Å². The van der Waals surface area contributed by atoms with Gasteiger partial charge >= 0.3 is 17.9 Å². The van der Waals surface area contributed by atoms with Gasteiger partial charge in [0.2, 0.25) is 0 Å². The zero-order chi connectivity index (χ0) is 14.4. The van der Waals surface area contributed by atoms with Gasteiger partial charge in [0.25, 0.3) is 0 Å². The Kier molecular flexibility index (Phi) is 3.19. The van der Waals surface area contributed by atoms with Gasteiger partial charge in [0, 0.05) is 0 Å². The summed E-state index contributed by atoms with van der Waals surface area (Å²) in [5, 5.41) is 28.1. The van der Waals surface area contributed by atoms with Gasteiger partial charge in [-0.25, -0.2) is 0 Å². The third kappa shape index (κ3) is 1.44. The molecular weight excluding hydrogens is 240 g/mol. The van der Waals surface area contributed by atoms with Crippen LogP contribution in [0.25, 0.3) is 0 Å². The summed E-state index contributed by atoms with van der Waals surface area (Å²) in [7, 11) is 0. The van der Waals surface area contributed by atoms with Crippen molar-refractivity contribution in [1.82, 2.24) is 0 Å². The fraction of sp³-hybridized carbons (Fsp3) is 0.750. The Morgan fingerprint density at radius 1 is 0.833 bits per heavy atom. The Labute approximate surface area is 105 Å². The van der Waals surface area contributed by atoms with Crippen molar-refractivity contribution >= 4 is 17.9 Å². The summed E-state index contributed by atoms with van der Waals surface area (Å²) >= 11 is 0. The summed E-state index contributed by atoms with van der Waals surface area (Å²) in [4.78, 5) is 34.6. The molecule has 18 heavy (non-hydrogen) atoms. The number of rotatable bonds is 3. The highest BCUT2D eigenvalue weighted by Gasteiger charge is 2.70. The second kappa shape index (κ2) is 3.96. The fourth-order valence-electron chi connectivity index (χ4n) is 3.08. The lowest BCUT2D eigenvalue weighted by atomic mass is 9.46. The first-order valence-corrected chi connectivity index (χ1v) is 5.74. The minimum absolute atomic E-state index is 0.163. The van der Waals surface area contributed by atoms with Crippen LogP contribution in [0.5, 0.6) is 0 Å². The van der Waals surface area contributed by atoms with E-state index in [1.807, 2.05) is 0 Å². The molecule has 0 aliphatic heterocycles. The van der Waals surface area contributed by atoms with Crippen LogP contribution in [0, 0.1) is 16.2 Å². The highest BCUT2D eigenvalue weighted by Crippen LogP contribution is 2.60. The molecule has 3 N–H and O–H groups in total. The second-order valence-corrected chi connectivity index (χ2v) is 5.68. The molecule has 0 heterocycles. The van der Waals surface area contributed by atoms with Gasteiger partial charge in [-0.3, -0.25) is 14.4 Å². The molecule has 0 bridgehead atoms. The Morgan fingerprint density at radius 3 is 1.56 bits per heavy atom. The standard InChI is InChI=1S/C12H18O6/c1-10(2)5-4-6-12(8(15)16,9(17)18)11(10,3)7(13)14/h4-6H2,1-3H3,(H,13,14)(H,15,16)(H,17,18). The van der Waals surface area contributed by atoms with Gasteiger partial charge < -0.3 is 15.3 Å².